The van der Waals surface area contributed by atoms with Crippen LogP contribution in [-0.2, 0) is 6.54 Å². The molecule has 0 radical (unpaired) electrons. The number of hydrogen-bond acceptors (Lipinski definition) is 6. The molecule has 1 aliphatic heterocycles. The Morgan fingerprint density at radius 3 is 2.59 bits per heavy atom. The van der Waals surface area contributed by atoms with Crippen molar-refractivity contribution >= 4 is 11.3 Å². The molecule has 0 spiro atoms. The quantitative estimate of drug-likeness (QED) is 0.727. The molecule has 148 valence electrons. The van der Waals surface area contributed by atoms with Crippen LogP contribution in [0, 0.1) is 5.92 Å². The number of thiophene rings is 1. The van der Waals surface area contributed by atoms with Gasteiger partial charge in [0.25, 0.3) is 0 Å². The maximum Gasteiger partial charge on any atom is 0.168 e. The second kappa shape index (κ2) is 8.80. The first kappa shape index (κ1) is 19.0. The summed E-state index contributed by atoms with van der Waals surface area (Å²) in [5, 5.41) is 14.9. The van der Waals surface area contributed by atoms with Crippen molar-refractivity contribution in [3.05, 3.63) is 28.2 Å². The van der Waals surface area contributed by atoms with Crippen LogP contribution in [0.15, 0.2) is 17.5 Å². The van der Waals surface area contributed by atoms with Gasteiger partial charge in [0.15, 0.2) is 5.82 Å². The van der Waals surface area contributed by atoms with Gasteiger partial charge in [-0.05, 0) is 47.1 Å². The summed E-state index contributed by atoms with van der Waals surface area (Å²) in [4.78, 5) is 6.66. The summed E-state index contributed by atoms with van der Waals surface area (Å²) in [6, 6.07) is 5.40. The van der Waals surface area contributed by atoms with Crippen molar-refractivity contribution in [1.82, 2.24) is 30.0 Å². The highest BCUT2D eigenvalue weighted by Gasteiger charge is 2.32. The summed E-state index contributed by atoms with van der Waals surface area (Å²) in [7, 11) is 0. The zero-order chi connectivity index (χ0) is 18.6. The van der Waals surface area contributed by atoms with Gasteiger partial charge in [-0.3, -0.25) is 9.80 Å². The molecule has 1 saturated heterocycles. The van der Waals surface area contributed by atoms with E-state index in [1.807, 2.05) is 4.68 Å². The lowest BCUT2D eigenvalue weighted by Gasteiger charge is -2.41. The number of piperazine rings is 1. The van der Waals surface area contributed by atoms with E-state index in [-0.39, 0.29) is 0 Å². The molecule has 1 atom stereocenters. The lowest BCUT2D eigenvalue weighted by atomic mass is 10.0. The molecule has 0 unspecified atom stereocenters. The number of tetrazole rings is 1. The SMILES string of the molecule is CC(C)C[C@@H](c1nnnn1Cc1cccs1)N1CCN(C2CCCC2)CC1. The molecule has 1 saturated carbocycles. The molecule has 2 aromatic rings. The van der Waals surface area contributed by atoms with Gasteiger partial charge in [0, 0.05) is 37.1 Å². The van der Waals surface area contributed by atoms with Gasteiger partial charge in [-0.25, -0.2) is 4.68 Å². The molecule has 0 aromatic carbocycles. The molecular weight excluding hydrogens is 356 g/mol. The number of aromatic nitrogens is 4. The normalized spacial score (nSPS) is 21.3. The molecule has 27 heavy (non-hydrogen) atoms. The maximum atomic E-state index is 4.47. The number of rotatable bonds is 7. The fourth-order valence-electron chi connectivity index (χ4n) is 4.66. The molecule has 7 heteroatoms. The molecule has 2 fully saturated rings. The highest BCUT2D eigenvalue weighted by atomic mass is 32.1. The van der Waals surface area contributed by atoms with Gasteiger partial charge in [0.2, 0.25) is 0 Å². The minimum atomic E-state index is 0.311. The molecule has 6 nitrogen and oxygen atoms in total. The predicted molar refractivity (Wildman–Crippen MR) is 109 cm³/mol. The van der Waals surface area contributed by atoms with Crippen LogP contribution in [0.4, 0.5) is 0 Å². The predicted octanol–water partition coefficient (Wildman–Crippen LogP) is 3.43. The van der Waals surface area contributed by atoms with Crippen molar-refractivity contribution in [3.63, 3.8) is 0 Å². The Morgan fingerprint density at radius 2 is 1.93 bits per heavy atom. The summed E-state index contributed by atoms with van der Waals surface area (Å²) in [5.74, 6) is 1.65. The highest BCUT2D eigenvalue weighted by molar-refractivity contribution is 7.09. The lowest BCUT2D eigenvalue weighted by molar-refractivity contribution is 0.0588. The fraction of sp³-hybridized carbons (Fsp3) is 0.750. The molecule has 3 heterocycles. The van der Waals surface area contributed by atoms with Gasteiger partial charge in [0.1, 0.15) is 0 Å². The van der Waals surface area contributed by atoms with E-state index >= 15 is 0 Å². The van der Waals surface area contributed by atoms with E-state index in [4.69, 9.17) is 0 Å². The molecule has 0 amide bonds. The molecule has 4 rings (SSSR count). The molecule has 0 N–H and O–H groups in total. The van der Waals surface area contributed by atoms with E-state index < -0.39 is 0 Å². The van der Waals surface area contributed by atoms with Crippen LogP contribution in [-0.4, -0.2) is 62.2 Å². The third-order valence-corrected chi connectivity index (χ3v) is 6.93. The molecule has 1 aliphatic carbocycles. The second-order valence-electron chi connectivity index (χ2n) is 8.43. The van der Waals surface area contributed by atoms with Gasteiger partial charge < -0.3 is 0 Å². The molecule has 0 bridgehead atoms. The van der Waals surface area contributed by atoms with Crippen molar-refractivity contribution in [2.75, 3.05) is 26.2 Å². The number of hydrogen-bond donors (Lipinski definition) is 0. The van der Waals surface area contributed by atoms with E-state index in [2.05, 4.69) is 56.7 Å². The Morgan fingerprint density at radius 1 is 1.15 bits per heavy atom. The first-order valence-corrected chi connectivity index (χ1v) is 11.3. The lowest BCUT2D eigenvalue weighted by Crippen LogP contribution is -2.51. The topological polar surface area (TPSA) is 50.1 Å². The van der Waals surface area contributed by atoms with Gasteiger partial charge >= 0.3 is 0 Å². The minimum absolute atomic E-state index is 0.311. The van der Waals surface area contributed by atoms with Crippen molar-refractivity contribution in [2.45, 2.75) is 64.6 Å². The van der Waals surface area contributed by atoms with Gasteiger partial charge in [0.05, 0.1) is 12.6 Å². The largest absolute Gasteiger partial charge is 0.298 e. The van der Waals surface area contributed by atoms with Crippen LogP contribution in [0.1, 0.15) is 62.7 Å². The average Bonchev–Trinajstić information content (AvgIpc) is 3.43. The van der Waals surface area contributed by atoms with Crippen LogP contribution in [0.5, 0.6) is 0 Å². The van der Waals surface area contributed by atoms with Crippen molar-refractivity contribution in [3.8, 4) is 0 Å². The third kappa shape index (κ3) is 4.58. The monoisotopic (exact) mass is 388 g/mol. The van der Waals surface area contributed by atoms with Crippen LogP contribution in [0.25, 0.3) is 0 Å². The van der Waals surface area contributed by atoms with E-state index in [9.17, 15) is 0 Å². The average molecular weight is 389 g/mol. The van der Waals surface area contributed by atoms with Crippen molar-refractivity contribution in [2.24, 2.45) is 5.92 Å². The Kier molecular flexibility index (Phi) is 6.20. The Bertz CT molecular complexity index is 683. The summed E-state index contributed by atoms with van der Waals surface area (Å²) >= 11 is 1.77. The van der Waals surface area contributed by atoms with Crippen molar-refractivity contribution < 1.29 is 0 Å². The van der Waals surface area contributed by atoms with E-state index in [0.29, 0.717) is 12.0 Å². The van der Waals surface area contributed by atoms with Crippen LogP contribution in [0.3, 0.4) is 0 Å². The Hall–Kier alpha value is -1.31. The van der Waals surface area contributed by atoms with Crippen LogP contribution >= 0.6 is 11.3 Å². The molecule has 2 aromatic heterocycles. The van der Waals surface area contributed by atoms with Crippen LogP contribution < -0.4 is 0 Å². The maximum absolute atomic E-state index is 4.47. The fourth-order valence-corrected chi connectivity index (χ4v) is 5.35. The van der Waals surface area contributed by atoms with E-state index in [0.717, 1.165) is 37.9 Å². The van der Waals surface area contributed by atoms with Gasteiger partial charge in [-0.2, -0.15) is 0 Å². The van der Waals surface area contributed by atoms with Gasteiger partial charge in [-0.15, -0.1) is 16.4 Å². The Labute approximate surface area is 166 Å². The summed E-state index contributed by atoms with van der Waals surface area (Å²) in [5.41, 5.74) is 0. The number of nitrogens with zero attached hydrogens (tertiary/aromatic N) is 6. The summed E-state index contributed by atoms with van der Waals surface area (Å²) in [6.07, 6.45) is 6.73. The molecular formula is C20H32N6S. The second-order valence-corrected chi connectivity index (χ2v) is 9.46. The van der Waals surface area contributed by atoms with E-state index in [1.165, 1.54) is 43.6 Å². The van der Waals surface area contributed by atoms with E-state index in [1.54, 1.807) is 11.3 Å². The highest BCUT2D eigenvalue weighted by Crippen LogP contribution is 2.30. The zero-order valence-electron chi connectivity index (χ0n) is 16.6. The Balaban J connectivity index is 1.46. The smallest absolute Gasteiger partial charge is 0.168 e. The standard InChI is InChI=1S/C20H32N6S/c1-16(2)14-19(20-21-22-23-26(20)15-18-8-5-13-27-18)25-11-9-24(10-12-25)17-6-3-4-7-17/h5,8,13,16-17,19H,3-4,6-7,9-12,14-15H2,1-2H3/t19-/m0/s1. The first-order valence-electron chi connectivity index (χ1n) is 10.5. The summed E-state index contributed by atoms with van der Waals surface area (Å²) in [6.45, 7) is 10.00. The third-order valence-electron chi connectivity index (χ3n) is 6.07. The van der Waals surface area contributed by atoms with Crippen LogP contribution in [0.2, 0.25) is 0 Å². The zero-order valence-corrected chi connectivity index (χ0v) is 17.4. The first-order chi connectivity index (χ1) is 13.2. The van der Waals surface area contributed by atoms with Gasteiger partial charge in [-0.1, -0.05) is 32.8 Å². The van der Waals surface area contributed by atoms with Crippen molar-refractivity contribution in [1.29, 1.82) is 0 Å². The summed E-state index contributed by atoms with van der Waals surface area (Å²) < 4.78 is 2.02. The molecule has 2 aliphatic rings. The minimum Gasteiger partial charge on any atom is -0.298 e.